The summed E-state index contributed by atoms with van der Waals surface area (Å²) in [7, 11) is 0. The van der Waals surface area contributed by atoms with E-state index in [9.17, 15) is 4.79 Å². The summed E-state index contributed by atoms with van der Waals surface area (Å²) in [6, 6.07) is 1.79. The van der Waals surface area contributed by atoms with Crippen molar-refractivity contribution in [3.63, 3.8) is 0 Å². The van der Waals surface area contributed by atoms with E-state index in [-0.39, 0.29) is 11.9 Å². The molecule has 1 heterocycles. The van der Waals surface area contributed by atoms with Gasteiger partial charge in [-0.1, -0.05) is 11.6 Å². The van der Waals surface area contributed by atoms with Crippen LogP contribution in [0.15, 0.2) is 30.1 Å². The van der Waals surface area contributed by atoms with Crippen molar-refractivity contribution in [3.8, 4) is 5.75 Å². The molecule has 0 unspecified atom stereocenters. The summed E-state index contributed by atoms with van der Waals surface area (Å²) in [6.45, 7) is 3.92. The molecule has 0 aliphatic heterocycles. The third-order valence-corrected chi connectivity index (χ3v) is 3.18. The molecule has 0 saturated carbocycles. The summed E-state index contributed by atoms with van der Waals surface area (Å²) < 4.78 is 5.57. The van der Waals surface area contributed by atoms with Gasteiger partial charge in [0.15, 0.2) is 5.78 Å². The van der Waals surface area contributed by atoms with Crippen molar-refractivity contribution < 1.29 is 9.53 Å². The minimum atomic E-state index is 0.0909. The maximum absolute atomic E-state index is 12.2. The van der Waals surface area contributed by atoms with Crippen LogP contribution in [0.1, 0.15) is 56.3 Å². The van der Waals surface area contributed by atoms with Gasteiger partial charge in [0.05, 0.1) is 12.3 Å². The minimum Gasteiger partial charge on any atom is -0.489 e. The second kappa shape index (κ2) is 6.50. The third-order valence-electron chi connectivity index (χ3n) is 3.18. The van der Waals surface area contributed by atoms with Crippen LogP contribution in [-0.2, 0) is 0 Å². The molecule has 102 valence electrons. The Balaban J connectivity index is 2.04. The molecule has 1 aromatic heterocycles. The predicted molar refractivity (Wildman–Crippen MR) is 75.5 cm³/mol. The molecule has 0 fully saturated rings. The number of carbonyl (C=O) groups excluding carboxylic acids is 1. The fourth-order valence-corrected chi connectivity index (χ4v) is 2.28. The third kappa shape index (κ3) is 4.19. The standard InChI is InChI=1S/C16H21NO2/c1-12(2)19-15-9-14(10-17-11-15)16(18)8-13-6-4-3-5-7-13/h6,9-12H,3-5,7-8H2,1-2H3. The van der Waals surface area contributed by atoms with Crippen LogP contribution in [0.5, 0.6) is 5.75 Å². The molecule has 3 heteroatoms. The fraction of sp³-hybridized carbons (Fsp3) is 0.500. The Morgan fingerprint density at radius 3 is 2.89 bits per heavy atom. The highest BCUT2D eigenvalue weighted by atomic mass is 16.5. The topological polar surface area (TPSA) is 39.2 Å². The smallest absolute Gasteiger partial charge is 0.168 e. The van der Waals surface area contributed by atoms with Gasteiger partial charge in [0.2, 0.25) is 0 Å². The Morgan fingerprint density at radius 2 is 2.21 bits per heavy atom. The first-order valence-electron chi connectivity index (χ1n) is 6.98. The number of allylic oxidation sites excluding steroid dienone is 2. The number of ketones is 1. The summed E-state index contributed by atoms with van der Waals surface area (Å²) in [5.74, 6) is 0.799. The Kier molecular flexibility index (Phi) is 4.72. The lowest BCUT2D eigenvalue weighted by Gasteiger charge is -2.13. The molecule has 0 N–H and O–H groups in total. The number of carbonyl (C=O) groups is 1. The van der Waals surface area contributed by atoms with E-state index in [2.05, 4.69) is 11.1 Å². The average molecular weight is 259 g/mol. The van der Waals surface area contributed by atoms with E-state index in [0.29, 0.717) is 17.7 Å². The highest BCUT2D eigenvalue weighted by Gasteiger charge is 2.12. The van der Waals surface area contributed by atoms with Crippen LogP contribution in [0.2, 0.25) is 0 Å². The van der Waals surface area contributed by atoms with Crippen molar-refractivity contribution in [2.75, 3.05) is 0 Å². The Morgan fingerprint density at radius 1 is 1.37 bits per heavy atom. The van der Waals surface area contributed by atoms with E-state index < -0.39 is 0 Å². The van der Waals surface area contributed by atoms with Crippen molar-refractivity contribution in [1.29, 1.82) is 0 Å². The number of aromatic nitrogens is 1. The molecule has 0 spiro atoms. The van der Waals surface area contributed by atoms with E-state index in [1.54, 1.807) is 18.5 Å². The summed E-state index contributed by atoms with van der Waals surface area (Å²) in [6.07, 6.45) is 10.7. The van der Waals surface area contributed by atoms with Crippen LogP contribution >= 0.6 is 0 Å². The van der Waals surface area contributed by atoms with Crippen LogP contribution in [0.25, 0.3) is 0 Å². The van der Waals surface area contributed by atoms with Crippen LogP contribution < -0.4 is 4.74 Å². The summed E-state index contributed by atoms with van der Waals surface area (Å²) >= 11 is 0. The Bertz CT molecular complexity index is 477. The summed E-state index contributed by atoms with van der Waals surface area (Å²) in [5.41, 5.74) is 1.91. The van der Waals surface area contributed by atoms with Gasteiger partial charge >= 0.3 is 0 Å². The molecule has 19 heavy (non-hydrogen) atoms. The number of hydrogen-bond donors (Lipinski definition) is 0. The molecule has 0 aromatic carbocycles. The van der Waals surface area contributed by atoms with E-state index in [1.807, 2.05) is 13.8 Å². The molecular weight excluding hydrogens is 238 g/mol. The van der Waals surface area contributed by atoms with Gasteiger partial charge in [0.25, 0.3) is 0 Å². The van der Waals surface area contributed by atoms with Crippen LogP contribution in [0.4, 0.5) is 0 Å². The summed E-state index contributed by atoms with van der Waals surface area (Å²) in [4.78, 5) is 16.3. The molecule has 3 nitrogen and oxygen atoms in total. The van der Waals surface area contributed by atoms with Gasteiger partial charge in [-0.25, -0.2) is 0 Å². The first-order valence-corrected chi connectivity index (χ1v) is 6.98. The molecule has 0 saturated heterocycles. The zero-order valence-corrected chi connectivity index (χ0v) is 11.7. The Hall–Kier alpha value is -1.64. The second-order valence-corrected chi connectivity index (χ2v) is 5.28. The number of pyridine rings is 1. The van der Waals surface area contributed by atoms with Gasteiger partial charge in [-0.15, -0.1) is 0 Å². The first kappa shape index (κ1) is 13.8. The van der Waals surface area contributed by atoms with E-state index in [4.69, 9.17) is 4.74 Å². The number of nitrogens with zero attached hydrogens (tertiary/aromatic N) is 1. The lowest BCUT2D eigenvalue weighted by atomic mass is 9.94. The maximum atomic E-state index is 12.2. The van der Waals surface area contributed by atoms with Crippen molar-refractivity contribution in [1.82, 2.24) is 4.98 Å². The second-order valence-electron chi connectivity index (χ2n) is 5.28. The molecule has 0 atom stereocenters. The van der Waals surface area contributed by atoms with Gasteiger partial charge in [0, 0.05) is 18.2 Å². The minimum absolute atomic E-state index is 0.0909. The molecule has 0 bridgehead atoms. The van der Waals surface area contributed by atoms with Gasteiger partial charge in [-0.05, 0) is 45.6 Å². The van der Waals surface area contributed by atoms with E-state index in [0.717, 1.165) is 12.8 Å². The van der Waals surface area contributed by atoms with Gasteiger partial charge in [0.1, 0.15) is 5.75 Å². The predicted octanol–water partition coefficient (Wildman–Crippen LogP) is 3.94. The number of ether oxygens (including phenoxy) is 1. The van der Waals surface area contributed by atoms with Crippen LogP contribution in [-0.4, -0.2) is 16.9 Å². The average Bonchev–Trinajstić information content (AvgIpc) is 2.39. The number of Topliss-reactive ketones (excluding diaryl/α,β-unsaturated/α-hetero) is 1. The SMILES string of the molecule is CC(C)Oc1cncc(C(=O)CC2=CCCCC2)c1. The van der Waals surface area contributed by atoms with Crippen LogP contribution in [0.3, 0.4) is 0 Å². The summed E-state index contributed by atoms with van der Waals surface area (Å²) in [5, 5.41) is 0. The molecular formula is C16H21NO2. The lowest BCUT2D eigenvalue weighted by molar-refractivity contribution is 0.0990. The first-order chi connectivity index (χ1) is 9.15. The Labute approximate surface area is 114 Å². The molecule has 2 rings (SSSR count). The zero-order valence-electron chi connectivity index (χ0n) is 11.7. The van der Waals surface area contributed by atoms with E-state index >= 15 is 0 Å². The highest BCUT2D eigenvalue weighted by Crippen LogP contribution is 2.22. The maximum Gasteiger partial charge on any atom is 0.168 e. The quantitative estimate of drug-likeness (QED) is 0.594. The van der Waals surface area contributed by atoms with Gasteiger partial charge in [-0.2, -0.15) is 0 Å². The van der Waals surface area contributed by atoms with Crippen molar-refractivity contribution in [2.24, 2.45) is 0 Å². The van der Waals surface area contributed by atoms with Gasteiger partial charge < -0.3 is 4.74 Å². The number of rotatable bonds is 5. The zero-order chi connectivity index (χ0) is 13.7. The van der Waals surface area contributed by atoms with Crippen molar-refractivity contribution in [3.05, 3.63) is 35.7 Å². The van der Waals surface area contributed by atoms with Crippen molar-refractivity contribution in [2.45, 2.75) is 52.1 Å². The molecule has 0 radical (unpaired) electrons. The fourth-order valence-electron chi connectivity index (χ4n) is 2.28. The molecule has 1 aliphatic rings. The monoisotopic (exact) mass is 259 g/mol. The molecule has 0 amide bonds. The van der Waals surface area contributed by atoms with E-state index in [1.165, 1.54) is 18.4 Å². The lowest BCUT2D eigenvalue weighted by Crippen LogP contribution is -2.08. The number of hydrogen-bond acceptors (Lipinski definition) is 3. The largest absolute Gasteiger partial charge is 0.489 e. The van der Waals surface area contributed by atoms with Crippen LogP contribution in [0, 0.1) is 0 Å². The molecule has 1 aliphatic carbocycles. The van der Waals surface area contributed by atoms with Crippen molar-refractivity contribution >= 4 is 5.78 Å². The van der Waals surface area contributed by atoms with Gasteiger partial charge in [-0.3, -0.25) is 9.78 Å². The molecule has 1 aromatic rings. The highest BCUT2D eigenvalue weighted by molar-refractivity contribution is 5.97. The normalized spacial score (nSPS) is 15.2.